The van der Waals surface area contributed by atoms with E-state index >= 15 is 0 Å². The number of rotatable bonds is 6. The van der Waals surface area contributed by atoms with Crippen LogP contribution in [0.15, 0.2) is 24.3 Å². The van der Waals surface area contributed by atoms with Crippen LogP contribution in [0.25, 0.3) is 0 Å². The maximum absolute atomic E-state index is 11.4. The van der Waals surface area contributed by atoms with Gasteiger partial charge in [-0.25, -0.2) is 5.11 Å². The fourth-order valence-electron chi connectivity index (χ4n) is 1.42. The molecule has 1 N–H and O–H groups in total. The quantitative estimate of drug-likeness (QED) is 0.614. The average Bonchev–Trinajstić information content (AvgIpc) is 2.32. The van der Waals surface area contributed by atoms with Gasteiger partial charge < -0.3 is 10.1 Å². The lowest BCUT2D eigenvalue weighted by Crippen LogP contribution is -2.18. The van der Waals surface area contributed by atoms with Crippen molar-refractivity contribution in [2.24, 2.45) is 0 Å². The summed E-state index contributed by atoms with van der Waals surface area (Å²) in [6, 6.07) is 6.96. The standard InChI is InChI=1S/C13H16NO4/c1-2-18-13(17)9-12(16)14-11-5-3-10(4-6-11)7-8-15/h3-6H,2,7-9H2,1H3,(H,14,16). The molecule has 0 unspecified atom stereocenters. The number of amides is 1. The van der Waals surface area contributed by atoms with Gasteiger partial charge in [-0.15, -0.1) is 0 Å². The van der Waals surface area contributed by atoms with Crippen LogP contribution < -0.4 is 5.32 Å². The molecule has 0 atom stereocenters. The highest BCUT2D eigenvalue weighted by Gasteiger charge is 2.10. The summed E-state index contributed by atoms with van der Waals surface area (Å²) in [4.78, 5) is 22.5. The highest BCUT2D eigenvalue weighted by Crippen LogP contribution is 2.10. The molecule has 0 saturated heterocycles. The molecule has 0 aliphatic heterocycles. The number of esters is 1. The number of carbonyl (C=O) groups excluding carboxylic acids is 2. The van der Waals surface area contributed by atoms with Crippen LogP contribution in [-0.4, -0.2) is 25.1 Å². The normalized spacial score (nSPS) is 9.89. The smallest absolute Gasteiger partial charge is 0.315 e. The van der Waals surface area contributed by atoms with E-state index in [1.807, 2.05) is 0 Å². The number of ether oxygens (including phenoxy) is 1. The van der Waals surface area contributed by atoms with E-state index in [-0.39, 0.29) is 19.6 Å². The lowest BCUT2D eigenvalue weighted by molar-refractivity contribution is -0.145. The van der Waals surface area contributed by atoms with Gasteiger partial charge in [-0.3, -0.25) is 9.59 Å². The second-order valence-corrected chi connectivity index (χ2v) is 3.68. The molecule has 1 amide bonds. The minimum Gasteiger partial charge on any atom is -0.466 e. The Kier molecular flexibility index (Phi) is 5.87. The number of anilines is 1. The van der Waals surface area contributed by atoms with Crippen LogP contribution in [0.2, 0.25) is 0 Å². The fourth-order valence-corrected chi connectivity index (χ4v) is 1.42. The Hall–Kier alpha value is -1.88. The third-order valence-corrected chi connectivity index (χ3v) is 2.24. The molecule has 1 radical (unpaired) electrons. The number of carbonyl (C=O) groups is 2. The molecule has 1 aromatic carbocycles. The number of benzene rings is 1. The van der Waals surface area contributed by atoms with Gasteiger partial charge in [0, 0.05) is 5.69 Å². The summed E-state index contributed by atoms with van der Waals surface area (Å²) in [6.45, 7) is 1.79. The first-order chi connectivity index (χ1) is 8.65. The second kappa shape index (κ2) is 7.45. The summed E-state index contributed by atoms with van der Waals surface area (Å²) in [5.41, 5.74) is 1.52. The Labute approximate surface area is 106 Å². The summed E-state index contributed by atoms with van der Waals surface area (Å²) >= 11 is 0. The van der Waals surface area contributed by atoms with Gasteiger partial charge in [-0.1, -0.05) is 12.1 Å². The largest absolute Gasteiger partial charge is 0.466 e. The first kappa shape index (κ1) is 14.2. The number of nitrogens with one attached hydrogen (secondary N) is 1. The molecule has 5 nitrogen and oxygen atoms in total. The van der Waals surface area contributed by atoms with Crippen LogP contribution in [0.5, 0.6) is 0 Å². The molecular formula is C13H16NO4. The van der Waals surface area contributed by atoms with E-state index < -0.39 is 11.9 Å². The molecule has 0 aromatic heterocycles. The van der Waals surface area contributed by atoms with Crippen molar-refractivity contribution in [2.75, 3.05) is 18.5 Å². The lowest BCUT2D eigenvalue weighted by atomic mass is 10.1. The van der Waals surface area contributed by atoms with Crippen LogP contribution in [0.3, 0.4) is 0 Å². The predicted molar refractivity (Wildman–Crippen MR) is 65.6 cm³/mol. The molecule has 0 spiro atoms. The zero-order chi connectivity index (χ0) is 13.4. The molecule has 0 aliphatic rings. The monoisotopic (exact) mass is 250 g/mol. The Morgan fingerprint density at radius 3 is 2.44 bits per heavy atom. The molecule has 0 heterocycles. The van der Waals surface area contributed by atoms with E-state index in [4.69, 9.17) is 0 Å². The Bertz CT molecular complexity index is 400. The SMILES string of the molecule is CCOC(=O)CC(=O)Nc1ccc(CC[O])cc1. The van der Waals surface area contributed by atoms with Crippen molar-refractivity contribution >= 4 is 17.6 Å². The third kappa shape index (κ3) is 4.97. The summed E-state index contributed by atoms with van der Waals surface area (Å²) in [5, 5.41) is 13.0. The summed E-state index contributed by atoms with van der Waals surface area (Å²) < 4.78 is 4.67. The van der Waals surface area contributed by atoms with Crippen molar-refractivity contribution < 1.29 is 19.4 Å². The highest BCUT2D eigenvalue weighted by molar-refractivity contribution is 6.01. The van der Waals surface area contributed by atoms with Crippen molar-refractivity contribution in [3.63, 3.8) is 0 Å². The zero-order valence-electron chi connectivity index (χ0n) is 10.3. The van der Waals surface area contributed by atoms with Crippen molar-refractivity contribution in [3.8, 4) is 0 Å². The maximum Gasteiger partial charge on any atom is 0.315 e. The van der Waals surface area contributed by atoms with Gasteiger partial charge in [0.25, 0.3) is 0 Å². The lowest BCUT2D eigenvalue weighted by Gasteiger charge is -2.06. The van der Waals surface area contributed by atoms with E-state index in [2.05, 4.69) is 10.1 Å². The van der Waals surface area contributed by atoms with Crippen LogP contribution in [0.1, 0.15) is 18.9 Å². The van der Waals surface area contributed by atoms with E-state index in [1.54, 1.807) is 31.2 Å². The van der Waals surface area contributed by atoms with Gasteiger partial charge in [-0.2, -0.15) is 0 Å². The fraction of sp³-hybridized carbons (Fsp3) is 0.385. The van der Waals surface area contributed by atoms with Gasteiger partial charge in [0.2, 0.25) is 5.91 Å². The molecule has 1 aromatic rings. The van der Waals surface area contributed by atoms with Crippen molar-refractivity contribution in [1.82, 2.24) is 0 Å². The van der Waals surface area contributed by atoms with Gasteiger partial charge in [-0.05, 0) is 31.0 Å². The van der Waals surface area contributed by atoms with Crippen molar-refractivity contribution in [1.29, 1.82) is 0 Å². The van der Waals surface area contributed by atoms with Gasteiger partial charge in [0.05, 0.1) is 13.2 Å². The molecular weight excluding hydrogens is 234 g/mol. The van der Waals surface area contributed by atoms with E-state index in [1.165, 1.54) is 0 Å². The molecule has 0 aliphatic carbocycles. The van der Waals surface area contributed by atoms with Gasteiger partial charge in [0.15, 0.2) is 0 Å². The van der Waals surface area contributed by atoms with E-state index in [0.29, 0.717) is 12.1 Å². The predicted octanol–water partition coefficient (Wildman–Crippen LogP) is 1.55. The first-order valence-electron chi connectivity index (χ1n) is 5.78. The Morgan fingerprint density at radius 2 is 1.89 bits per heavy atom. The molecule has 97 valence electrons. The van der Waals surface area contributed by atoms with Crippen molar-refractivity contribution in [3.05, 3.63) is 29.8 Å². The first-order valence-corrected chi connectivity index (χ1v) is 5.78. The molecule has 18 heavy (non-hydrogen) atoms. The summed E-state index contributed by atoms with van der Waals surface area (Å²) in [7, 11) is 0. The van der Waals surface area contributed by atoms with Crippen LogP contribution in [0.4, 0.5) is 5.69 Å². The van der Waals surface area contributed by atoms with Crippen LogP contribution >= 0.6 is 0 Å². The second-order valence-electron chi connectivity index (χ2n) is 3.68. The van der Waals surface area contributed by atoms with Crippen molar-refractivity contribution in [2.45, 2.75) is 19.8 Å². The molecule has 0 saturated carbocycles. The number of hydrogen-bond acceptors (Lipinski definition) is 3. The van der Waals surface area contributed by atoms with Gasteiger partial charge in [0.1, 0.15) is 6.42 Å². The highest BCUT2D eigenvalue weighted by atomic mass is 16.5. The Morgan fingerprint density at radius 1 is 1.22 bits per heavy atom. The number of hydrogen-bond donors (Lipinski definition) is 1. The van der Waals surface area contributed by atoms with E-state index in [9.17, 15) is 14.7 Å². The molecule has 1 rings (SSSR count). The summed E-state index contributed by atoms with van der Waals surface area (Å²) in [5.74, 6) is -0.956. The zero-order valence-corrected chi connectivity index (χ0v) is 10.3. The molecule has 5 heteroatoms. The molecule has 0 fully saturated rings. The Balaban J connectivity index is 2.46. The summed E-state index contributed by atoms with van der Waals surface area (Å²) in [6.07, 6.45) is 0.174. The third-order valence-electron chi connectivity index (χ3n) is 2.24. The minimum absolute atomic E-state index is 0.158. The molecule has 0 bridgehead atoms. The van der Waals surface area contributed by atoms with Gasteiger partial charge >= 0.3 is 5.97 Å². The topological polar surface area (TPSA) is 75.3 Å². The van der Waals surface area contributed by atoms with E-state index in [0.717, 1.165) is 5.56 Å². The van der Waals surface area contributed by atoms with Crippen LogP contribution in [0, 0.1) is 0 Å². The van der Waals surface area contributed by atoms with Crippen LogP contribution in [-0.2, 0) is 25.9 Å². The maximum atomic E-state index is 11.4. The average molecular weight is 250 g/mol. The minimum atomic E-state index is -0.544.